The molecule has 3 aliphatic rings. The number of piperidine rings is 1. The number of hydrogen-bond acceptors (Lipinski definition) is 4. The highest BCUT2D eigenvalue weighted by Gasteiger charge is 2.43. The van der Waals surface area contributed by atoms with Gasteiger partial charge in [-0.3, -0.25) is 14.4 Å². The zero-order chi connectivity index (χ0) is 25.2. The third-order valence-electron chi connectivity index (χ3n) is 7.57. The van der Waals surface area contributed by atoms with Gasteiger partial charge in [-0.15, -0.1) is 11.8 Å². The van der Waals surface area contributed by atoms with E-state index in [0.717, 1.165) is 36.1 Å². The predicted octanol–water partition coefficient (Wildman–Crippen LogP) is 4.65. The van der Waals surface area contributed by atoms with Gasteiger partial charge in [-0.1, -0.05) is 62.4 Å². The van der Waals surface area contributed by atoms with Crippen LogP contribution in [-0.4, -0.2) is 58.4 Å². The van der Waals surface area contributed by atoms with Crippen molar-refractivity contribution in [2.75, 3.05) is 24.5 Å². The highest BCUT2D eigenvalue weighted by Crippen LogP contribution is 2.44. The zero-order valence-corrected chi connectivity index (χ0v) is 22.0. The van der Waals surface area contributed by atoms with Gasteiger partial charge in [-0.25, -0.2) is 0 Å². The molecule has 0 radical (unpaired) electrons. The molecule has 0 bridgehead atoms. The first-order valence-corrected chi connectivity index (χ1v) is 14.0. The van der Waals surface area contributed by atoms with Crippen LogP contribution in [0, 0.1) is 5.92 Å². The van der Waals surface area contributed by atoms with Crippen LogP contribution in [0.2, 0.25) is 0 Å². The Hall–Kier alpha value is -2.80. The molecule has 2 aromatic rings. The summed E-state index contributed by atoms with van der Waals surface area (Å²) in [7, 11) is 0. The third-order valence-corrected chi connectivity index (χ3v) is 9.05. The topological polar surface area (TPSA) is 60.9 Å². The van der Waals surface area contributed by atoms with Crippen LogP contribution in [0.5, 0.6) is 0 Å². The molecule has 0 aromatic heterocycles. The molecule has 2 unspecified atom stereocenters. The number of fused-ring (bicyclic) bond motifs is 1. The smallest absolute Gasteiger partial charge is 0.237 e. The van der Waals surface area contributed by atoms with Crippen molar-refractivity contribution in [3.05, 3.63) is 65.7 Å². The lowest BCUT2D eigenvalue weighted by atomic mass is 10.0. The molecule has 3 aliphatic heterocycles. The minimum absolute atomic E-state index is 0.0396. The first-order chi connectivity index (χ1) is 17.4. The lowest BCUT2D eigenvalue weighted by molar-refractivity contribution is -0.136. The summed E-state index contributed by atoms with van der Waals surface area (Å²) >= 11 is 1.61. The van der Waals surface area contributed by atoms with Crippen molar-refractivity contribution in [2.45, 2.75) is 62.6 Å². The largest absolute Gasteiger partial charge is 0.342 e. The summed E-state index contributed by atoms with van der Waals surface area (Å²) in [6, 6.07) is 18.3. The van der Waals surface area contributed by atoms with E-state index in [0.29, 0.717) is 32.0 Å². The van der Waals surface area contributed by atoms with Gasteiger partial charge in [-0.05, 0) is 42.4 Å². The van der Waals surface area contributed by atoms with Crippen molar-refractivity contribution in [1.29, 1.82) is 0 Å². The van der Waals surface area contributed by atoms with Crippen molar-refractivity contribution in [2.24, 2.45) is 5.92 Å². The molecule has 0 spiro atoms. The number of hydrogen-bond donors (Lipinski definition) is 0. The molecule has 2 aromatic carbocycles. The molecule has 3 amide bonds. The van der Waals surface area contributed by atoms with Gasteiger partial charge < -0.3 is 14.7 Å². The second-order valence-corrected chi connectivity index (χ2v) is 11.8. The van der Waals surface area contributed by atoms with Gasteiger partial charge in [0.1, 0.15) is 5.37 Å². The summed E-state index contributed by atoms with van der Waals surface area (Å²) in [5.41, 5.74) is 3.23. The van der Waals surface area contributed by atoms with Crippen LogP contribution in [0.4, 0.5) is 5.69 Å². The maximum Gasteiger partial charge on any atom is 0.237 e. The van der Waals surface area contributed by atoms with Crippen LogP contribution in [0.25, 0.3) is 0 Å². The van der Waals surface area contributed by atoms with E-state index in [9.17, 15) is 14.4 Å². The number of rotatable bonds is 7. The minimum atomic E-state index is -0.348. The van der Waals surface area contributed by atoms with E-state index < -0.39 is 0 Å². The summed E-state index contributed by atoms with van der Waals surface area (Å²) in [4.78, 5) is 45.2. The Balaban J connectivity index is 1.21. The molecule has 2 saturated heterocycles. The predicted molar refractivity (Wildman–Crippen MR) is 144 cm³/mol. The van der Waals surface area contributed by atoms with Crippen molar-refractivity contribution in [1.82, 2.24) is 9.80 Å². The van der Waals surface area contributed by atoms with Gasteiger partial charge in [0.25, 0.3) is 0 Å². The van der Waals surface area contributed by atoms with E-state index in [1.807, 2.05) is 57.2 Å². The van der Waals surface area contributed by atoms with E-state index in [1.165, 1.54) is 0 Å². The van der Waals surface area contributed by atoms with Gasteiger partial charge >= 0.3 is 0 Å². The molecule has 6 nitrogen and oxygen atoms in total. The summed E-state index contributed by atoms with van der Waals surface area (Å²) in [6.07, 6.45) is 3.19. The van der Waals surface area contributed by atoms with Gasteiger partial charge in [0, 0.05) is 37.8 Å². The van der Waals surface area contributed by atoms with Crippen LogP contribution in [-0.2, 0) is 20.8 Å². The fourth-order valence-corrected chi connectivity index (χ4v) is 7.04. The number of amides is 3. The molecular weight excluding hydrogens is 470 g/mol. The van der Waals surface area contributed by atoms with Crippen molar-refractivity contribution < 1.29 is 14.4 Å². The first kappa shape index (κ1) is 24.9. The Bertz CT molecular complexity index is 1110. The number of carbonyl (C=O) groups excluding carboxylic acids is 3. The molecule has 0 N–H and O–H groups in total. The summed E-state index contributed by atoms with van der Waals surface area (Å²) in [5.74, 6) is 0.792. The van der Waals surface area contributed by atoms with E-state index in [2.05, 4.69) is 26.0 Å². The number of anilines is 1. The summed E-state index contributed by atoms with van der Waals surface area (Å²) < 4.78 is 0. The molecule has 0 aliphatic carbocycles. The molecule has 2 atom stereocenters. The number of likely N-dealkylation sites (tertiary alicyclic amines) is 1. The van der Waals surface area contributed by atoms with Crippen LogP contribution >= 0.6 is 11.8 Å². The highest BCUT2D eigenvalue weighted by molar-refractivity contribution is 8.01. The Morgan fingerprint density at radius 3 is 2.42 bits per heavy atom. The molecule has 36 heavy (non-hydrogen) atoms. The van der Waals surface area contributed by atoms with Gasteiger partial charge in [0.15, 0.2) is 0 Å². The summed E-state index contributed by atoms with van der Waals surface area (Å²) in [5, 5.41) is -0.387. The lowest BCUT2D eigenvalue weighted by Gasteiger charge is -2.37. The van der Waals surface area contributed by atoms with Crippen LogP contribution < -0.4 is 4.90 Å². The number of thioether (sulfide) groups is 1. The highest BCUT2D eigenvalue weighted by atomic mass is 32.2. The molecular formula is C29H35N3O3S. The number of para-hydroxylation sites is 1. The molecule has 2 fully saturated rings. The fraction of sp³-hybridized carbons (Fsp3) is 0.483. The standard InChI is InChI=1S/C29H35N3O3S/c1-20(2)12-17-31-28(35)25(36-29(31)21-8-4-3-5-9-21)19-26(33)30-15-13-23(14-16-30)32-24-11-7-6-10-22(24)18-27(32)34/h3-11,20,23,25,29H,12-19H2,1-2H3. The average Bonchev–Trinajstić information content (AvgIpc) is 3.38. The Morgan fingerprint density at radius 1 is 1.00 bits per heavy atom. The van der Waals surface area contributed by atoms with Crippen molar-refractivity contribution in [3.8, 4) is 0 Å². The maximum atomic E-state index is 13.4. The van der Waals surface area contributed by atoms with Gasteiger partial charge in [0.2, 0.25) is 17.7 Å². The maximum absolute atomic E-state index is 13.4. The van der Waals surface area contributed by atoms with Crippen molar-refractivity contribution >= 4 is 35.2 Å². The molecule has 5 rings (SSSR count). The van der Waals surface area contributed by atoms with E-state index in [-0.39, 0.29) is 40.8 Å². The van der Waals surface area contributed by atoms with E-state index in [1.54, 1.807) is 11.8 Å². The summed E-state index contributed by atoms with van der Waals surface area (Å²) in [6.45, 7) is 6.30. The molecule has 190 valence electrons. The molecule has 3 heterocycles. The monoisotopic (exact) mass is 505 g/mol. The minimum Gasteiger partial charge on any atom is -0.342 e. The molecule has 7 heteroatoms. The Kier molecular flexibility index (Phi) is 7.37. The quantitative estimate of drug-likeness (QED) is 0.550. The van der Waals surface area contributed by atoms with E-state index in [4.69, 9.17) is 0 Å². The van der Waals surface area contributed by atoms with Crippen LogP contribution in [0.15, 0.2) is 54.6 Å². The molecule has 0 saturated carbocycles. The number of benzene rings is 2. The normalized spacial score (nSPS) is 22.6. The third kappa shape index (κ3) is 5.03. The first-order valence-electron chi connectivity index (χ1n) is 13.1. The van der Waals surface area contributed by atoms with Gasteiger partial charge in [-0.2, -0.15) is 0 Å². The number of carbonyl (C=O) groups is 3. The number of nitrogens with zero attached hydrogens (tertiary/aromatic N) is 3. The second-order valence-electron chi connectivity index (χ2n) is 10.5. The van der Waals surface area contributed by atoms with Crippen molar-refractivity contribution in [3.63, 3.8) is 0 Å². The zero-order valence-electron chi connectivity index (χ0n) is 21.1. The van der Waals surface area contributed by atoms with Crippen LogP contribution in [0.3, 0.4) is 0 Å². The Morgan fingerprint density at radius 2 is 1.69 bits per heavy atom. The van der Waals surface area contributed by atoms with Gasteiger partial charge in [0.05, 0.1) is 11.7 Å². The second kappa shape index (κ2) is 10.7. The van der Waals surface area contributed by atoms with Crippen LogP contribution in [0.1, 0.15) is 56.0 Å². The Labute approximate surface area is 218 Å². The fourth-order valence-electron chi connectivity index (χ4n) is 5.56. The lowest BCUT2D eigenvalue weighted by Crippen LogP contribution is -2.48. The average molecular weight is 506 g/mol. The van der Waals surface area contributed by atoms with E-state index >= 15 is 0 Å². The SMILES string of the molecule is CC(C)CCN1C(=O)C(CC(=O)N2CCC(N3C(=O)Cc4ccccc43)CC2)SC1c1ccccc1.